The standard InChI is InChI=1S/C12H20O/c1-3-4-5-8-12(2)9-6-11(13)7-10-12/h6,9H,3-5,7-8,10H2,1-2H3. The van der Waals surface area contributed by atoms with Crippen molar-refractivity contribution in [3.05, 3.63) is 12.2 Å². The predicted octanol–water partition coefficient (Wildman–Crippen LogP) is 3.49. The summed E-state index contributed by atoms with van der Waals surface area (Å²) in [5.74, 6) is 0.299. The van der Waals surface area contributed by atoms with Crippen LogP contribution in [0.1, 0.15) is 52.4 Å². The van der Waals surface area contributed by atoms with Crippen LogP contribution in [0.2, 0.25) is 0 Å². The molecule has 0 amide bonds. The lowest BCUT2D eigenvalue weighted by atomic mass is 9.77. The third-order valence-corrected chi connectivity index (χ3v) is 2.97. The van der Waals surface area contributed by atoms with Gasteiger partial charge in [-0.2, -0.15) is 0 Å². The minimum atomic E-state index is 0.299. The molecule has 0 bridgehead atoms. The Balaban J connectivity index is 2.38. The van der Waals surface area contributed by atoms with E-state index in [2.05, 4.69) is 19.9 Å². The van der Waals surface area contributed by atoms with E-state index in [-0.39, 0.29) is 0 Å². The Morgan fingerprint density at radius 1 is 1.46 bits per heavy atom. The van der Waals surface area contributed by atoms with Crippen LogP contribution in [0.15, 0.2) is 12.2 Å². The lowest BCUT2D eigenvalue weighted by Gasteiger charge is -2.28. The first-order valence-electron chi connectivity index (χ1n) is 5.38. The smallest absolute Gasteiger partial charge is 0.155 e. The van der Waals surface area contributed by atoms with Gasteiger partial charge < -0.3 is 0 Å². The van der Waals surface area contributed by atoms with Crippen LogP contribution >= 0.6 is 0 Å². The van der Waals surface area contributed by atoms with Crippen LogP contribution in [0.3, 0.4) is 0 Å². The van der Waals surface area contributed by atoms with Crippen molar-refractivity contribution in [2.24, 2.45) is 5.41 Å². The van der Waals surface area contributed by atoms with Gasteiger partial charge >= 0.3 is 0 Å². The number of rotatable bonds is 4. The molecule has 0 heterocycles. The monoisotopic (exact) mass is 180 g/mol. The summed E-state index contributed by atoms with van der Waals surface area (Å²) in [6.45, 7) is 4.49. The van der Waals surface area contributed by atoms with Gasteiger partial charge in [-0.15, -0.1) is 0 Å². The van der Waals surface area contributed by atoms with E-state index >= 15 is 0 Å². The van der Waals surface area contributed by atoms with Crippen molar-refractivity contribution in [1.29, 1.82) is 0 Å². The molecule has 0 spiro atoms. The van der Waals surface area contributed by atoms with Crippen molar-refractivity contribution in [2.75, 3.05) is 0 Å². The Labute approximate surface area is 81.2 Å². The summed E-state index contributed by atoms with van der Waals surface area (Å²) < 4.78 is 0. The van der Waals surface area contributed by atoms with Crippen LogP contribution in [-0.2, 0) is 4.79 Å². The average molecular weight is 180 g/mol. The average Bonchev–Trinajstić information content (AvgIpc) is 2.12. The highest BCUT2D eigenvalue weighted by atomic mass is 16.1. The second-order valence-electron chi connectivity index (χ2n) is 4.41. The first-order valence-corrected chi connectivity index (χ1v) is 5.38. The van der Waals surface area contributed by atoms with Gasteiger partial charge in [0, 0.05) is 6.42 Å². The molecule has 0 fully saturated rings. The van der Waals surface area contributed by atoms with E-state index in [1.807, 2.05) is 0 Å². The second-order valence-corrected chi connectivity index (χ2v) is 4.41. The summed E-state index contributed by atoms with van der Waals surface area (Å²) in [6, 6.07) is 0. The first kappa shape index (κ1) is 10.5. The molecule has 0 radical (unpaired) electrons. The number of hydrogen-bond acceptors (Lipinski definition) is 1. The largest absolute Gasteiger partial charge is 0.295 e. The third kappa shape index (κ3) is 3.33. The number of unbranched alkanes of at least 4 members (excludes halogenated alkanes) is 2. The van der Waals surface area contributed by atoms with E-state index in [1.165, 1.54) is 25.7 Å². The highest BCUT2D eigenvalue weighted by Gasteiger charge is 2.24. The molecule has 0 aromatic carbocycles. The van der Waals surface area contributed by atoms with Gasteiger partial charge in [-0.25, -0.2) is 0 Å². The first-order chi connectivity index (χ1) is 6.16. The topological polar surface area (TPSA) is 17.1 Å². The van der Waals surface area contributed by atoms with Crippen LogP contribution in [-0.4, -0.2) is 5.78 Å². The maximum absolute atomic E-state index is 11.0. The molecule has 1 aliphatic rings. The summed E-state index contributed by atoms with van der Waals surface area (Å²) in [7, 11) is 0. The van der Waals surface area contributed by atoms with Gasteiger partial charge in [-0.1, -0.05) is 39.2 Å². The van der Waals surface area contributed by atoms with Crippen molar-refractivity contribution < 1.29 is 4.79 Å². The normalized spacial score (nSPS) is 28.0. The highest BCUT2D eigenvalue weighted by Crippen LogP contribution is 2.34. The van der Waals surface area contributed by atoms with Crippen LogP contribution < -0.4 is 0 Å². The number of ketones is 1. The maximum atomic E-state index is 11.0. The second kappa shape index (κ2) is 4.59. The van der Waals surface area contributed by atoms with Gasteiger partial charge in [0.2, 0.25) is 0 Å². The van der Waals surface area contributed by atoms with Crippen molar-refractivity contribution in [3.8, 4) is 0 Å². The maximum Gasteiger partial charge on any atom is 0.155 e. The molecule has 0 aromatic heterocycles. The molecule has 0 aliphatic heterocycles. The summed E-state index contributed by atoms with van der Waals surface area (Å²) in [5.41, 5.74) is 0.309. The molecule has 0 saturated heterocycles. The van der Waals surface area contributed by atoms with Crippen LogP contribution in [0, 0.1) is 5.41 Å². The fourth-order valence-electron chi connectivity index (χ4n) is 1.86. The quantitative estimate of drug-likeness (QED) is 0.605. The van der Waals surface area contributed by atoms with Gasteiger partial charge in [0.1, 0.15) is 0 Å². The molecular formula is C12H20O. The van der Waals surface area contributed by atoms with E-state index < -0.39 is 0 Å². The molecule has 1 heteroatoms. The Morgan fingerprint density at radius 2 is 2.23 bits per heavy atom. The van der Waals surface area contributed by atoms with Crippen molar-refractivity contribution in [2.45, 2.75) is 52.4 Å². The predicted molar refractivity (Wildman–Crippen MR) is 55.6 cm³/mol. The Hall–Kier alpha value is -0.590. The van der Waals surface area contributed by atoms with E-state index in [0.717, 1.165) is 12.8 Å². The zero-order valence-electron chi connectivity index (χ0n) is 8.81. The lowest BCUT2D eigenvalue weighted by molar-refractivity contribution is -0.115. The Kier molecular flexibility index (Phi) is 3.71. The molecule has 0 saturated carbocycles. The molecule has 1 aliphatic carbocycles. The summed E-state index contributed by atoms with van der Waals surface area (Å²) >= 11 is 0. The number of carbonyl (C=O) groups excluding carboxylic acids is 1. The summed E-state index contributed by atoms with van der Waals surface area (Å²) in [4.78, 5) is 11.0. The SMILES string of the molecule is CCCCCC1(C)C=CC(=O)CC1. The van der Waals surface area contributed by atoms with Gasteiger partial charge in [-0.05, 0) is 24.3 Å². The van der Waals surface area contributed by atoms with Crippen molar-refractivity contribution >= 4 is 5.78 Å². The number of carbonyl (C=O) groups is 1. The van der Waals surface area contributed by atoms with E-state index in [4.69, 9.17) is 0 Å². The van der Waals surface area contributed by atoms with E-state index in [9.17, 15) is 4.79 Å². The zero-order chi connectivity index (χ0) is 9.73. The minimum absolute atomic E-state index is 0.299. The molecule has 0 aromatic rings. The zero-order valence-corrected chi connectivity index (χ0v) is 8.81. The van der Waals surface area contributed by atoms with Gasteiger partial charge in [0.15, 0.2) is 5.78 Å². The Morgan fingerprint density at radius 3 is 2.77 bits per heavy atom. The number of hydrogen-bond donors (Lipinski definition) is 0. The highest BCUT2D eigenvalue weighted by molar-refractivity contribution is 5.90. The molecule has 1 rings (SSSR count). The fraction of sp³-hybridized carbons (Fsp3) is 0.750. The number of allylic oxidation sites excluding steroid dienone is 2. The van der Waals surface area contributed by atoms with Gasteiger partial charge in [0.05, 0.1) is 0 Å². The molecule has 74 valence electrons. The molecule has 1 nitrogen and oxygen atoms in total. The molecular weight excluding hydrogens is 160 g/mol. The molecule has 13 heavy (non-hydrogen) atoms. The van der Waals surface area contributed by atoms with Crippen LogP contribution in [0.5, 0.6) is 0 Å². The van der Waals surface area contributed by atoms with Gasteiger partial charge in [0.25, 0.3) is 0 Å². The van der Waals surface area contributed by atoms with Gasteiger partial charge in [-0.3, -0.25) is 4.79 Å². The fourth-order valence-corrected chi connectivity index (χ4v) is 1.86. The van der Waals surface area contributed by atoms with E-state index in [0.29, 0.717) is 11.2 Å². The van der Waals surface area contributed by atoms with Crippen LogP contribution in [0.25, 0.3) is 0 Å². The molecule has 1 atom stereocenters. The summed E-state index contributed by atoms with van der Waals surface area (Å²) in [6.07, 6.45) is 10.8. The van der Waals surface area contributed by atoms with E-state index in [1.54, 1.807) is 6.08 Å². The Bertz CT molecular complexity index is 205. The molecule has 1 unspecified atom stereocenters. The van der Waals surface area contributed by atoms with Crippen molar-refractivity contribution in [3.63, 3.8) is 0 Å². The minimum Gasteiger partial charge on any atom is -0.295 e. The summed E-state index contributed by atoms with van der Waals surface area (Å²) in [5, 5.41) is 0. The van der Waals surface area contributed by atoms with Crippen molar-refractivity contribution in [1.82, 2.24) is 0 Å². The van der Waals surface area contributed by atoms with Crippen LogP contribution in [0.4, 0.5) is 0 Å². The third-order valence-electron chi connectivity index (χ3n) is 2.97. The lowest BCUT2D eigenvalue weighted by Crippen LogP contribution is -2.19. The molecule has 0 N–H and O–H groups in total.